The van der Waals surface area contributed by atoms with Crippen LogP contribution in [-0.4, -0.2) is 15.9 Å². The van der Waals surface area contributed by atoms with Gasteiger partial charge in [0, 0.05) is 16.1 Å². The summed E-state index contributed by atoms with van der Waals surface area (Å²) in [6.45, 7) is 8.02. The van der Waals surface area contributed by atoms with Crippen LogP contribution in [0.2, 0.25) is 5.02 Å². The van der Waals surface area contributed by atoms with Crippen LogP contribution in [0.25, 0.3) is 0 Å². The van der Waals surface area contributed by atoms with E-state index in [4.69, 9.17) is 11.6 Å². The number of nitrogens with zero attached hydrogens (tertiary/aromatic N) is 4. The molecule has 2 unspecified atom stereocenters. The number of fused-ring (bicyclic) bond motifs is 5. The quantitative estimate of drug-likeness (QED) is 0.808. The van der Waals surface area contributed by atoms with Crippen molar-refractivity contribution in [2.24, 2.45) is 5.41 Å². The fourth-order valence-electron chi connectivity index (χ4n) is 5.11. The molecule has 29 heavy (non-hydrogen) atoms. The molecule has 1 heterocycles. The van der Waals surface area contributed by atoms with Crippen LogP contribution in [0.1, 0.15) is 62.0 Å². The fraction of sp³-hybridized carbons (Fsp3) is 0.409. The van der Waals surface area contributed by atoms with Crippen LogP contribution in [-0.2, 0) is 15.6 Å². The maximum absolute atomic E-state index is 13.8. The summed E-state index contributed by atoms with van der Waals surface area (Å²) in [5, 5.41) is 22.5. The molecular weight excluding hydrogens is 386 g/mol. The number of amides is 1. The van der Waals surface area contributed by atoms with Crippen molar-refractivity contribution in [1.29, 1.82) is 10.5 Å². The number of hydrogen-bond donors (Lipinski definition) is 1. The van der Waals surface area contributed by atoms with E-state index in [-0.39, 0.29) is 17.3 Å². The molecule has 1 fully saturated rings. The van der Waals surface area contributed by atoms with Crippen LogP contribution >= 0.6 is 11.6 Å². The summed E-state index contributed by atoms with van der Waals surface area (Å²) in [6.07, 6.45) is 1.35. The maximum atomic E-state index is 13.8. The Bertz CT molecular complexity index is 1160. The molecule has 1 aromatic heterocycles. The van der Waals surface area contributed by atoms with Crippen LogP contribution in [0.5, 0.6) is 0 Å². The molecule has 6 nitrogen and oxygen atoms in total. The Balaban J connectivity index is 1.92. The number of hydrogen-bond acceptors (Lipinski definition) is 5. The second-order valence-electron chi connectivity index (χ2n) is 8.57. The SMILES string of the molecule is Cc1c(Cl)cccc1NC(=O)C12CCC(C)(c3nc(C#N)c(C#N)nc31)C2(C)C. The van der Waals surface area contributed by atoms with Crippen molar-refractivity contribution in [2.45, 2.75) is 51.4 Å². The van der Waals surface area contributed by atoms with E-state index in [2.05, 4.69) is 22.2 Å². The molecule has 2 bridgehead atoms. The highest BCUT2D eigenvalue weighted by atomic mass is 35.5. The zero-order chi connectivity index (χ0) is 21.2. The Labute approximate surface area is 174 Å². The Morgan fingerprint density at radius 2 is 1.72 bits per heavy atom. The Morgan fingerprint density at radius 1 is 1.10 bits per heavy atom. The minimum absolute atomic E-state index is 0.0112. The van der Waals surface area contributed by atoms with Gasteiger partial charge in [0.05, 0.1) is 16.8 Å². The Kier molecular flexibility index (Phi) is 4.02. The highest BCUT2D eigenvalue weighted by molar-refractivity contribution is 6.31. The van der Waals surface area contributed by atoms with E-state index in [1.807, 2.05) is 39.0 Å². The summed E-state index contributed by atoms with van der Waals surface area (Å²) in [5.41, 5.74) is 0.720. The van der Waals surface area contributed by atoms with E-state index in [0.29, 0.717) is 28.5 Å². The fourth-order valence-corrected chi connectivity index (χ4v) is 5.29. The molecule has 2 aliphatic rings. The largest absolute Gasteiger partial charge is 0.325 e. The van der Waals surface area contributed by atoms with Gasteiger partial charge in [-0.2, -0.15) is 10.5 Å². The predicted molar refractivity (Wildman–Crippen MR) is 108 cm³/mol. The molecule has 1 saturated carbocycles. The first-order chi connectivity index (χ1) is 13.6. The highest BCUT2D eigenvalue weighted by Crippen LogP contribution is 2.70. The molecule has 0 spiro atoms. The second-order valence-corrected chi connectivity index (χ2v) is 8.98. The van der Waals surface area contributed by atoms with Crippen molar-refractivity contribution >= 4 is 23.2 Å². The van der Waals surface area contributed by atoms with Crippen molar-refractivity contribution < 1.29 is 4.79 Å². The van der Waals surface area contributed by atoms with Gasteiger partial charge in [-0.05, 0) is 42.9 Å². The molecule has 7 heteroatoms. The number of rotatable bonds is 2. The third kappa shape index (κ3) is 2.18. The molecule has 0 radical (unpaired) electrons. The van der Waals surface area contributed by atoms with Crippen LogP contribution < -0.4 is 5.32 Å². The zero-order valence-corrected chi connectivity index (χ0v) is 17.5. The molecule has 1 amide bonds. The first-order valence-corrected chi connectivity index (χ1v) is 9.81. The molecule has 0 saturated heterocycles. The summed E-state index contributed by atoms with van der Waals surface area (Å²) in [7, 11) is 0. The van der Waals surface area contributed by atoms with Gasteiger partial charge in [-0.3, -0.25) is 4.79 Å². The lowest BCUT2D eigenvalue weighted by molar-refractivity contribution is -0.125. The van der Waals surface area contributed by atoms with E-state index >= 15 is 0 Å². The van der Waals surface area contributed by atoms with Gasteiger partial charge in [-0.25, -0.2) is 9.97 Å². The number of aromatic nitrogens is 2. The van der Waals surface area contributed by atoms with Crippen molar-refractivity contribution in [2.75, 3.05) is 5.32 Å². The maximum Gasteiger partial charge on any atom is 0.237 e. The highest BCUT2D eigenvalue weighted by Gasteiger charge is 2.73. The van der Waals surface area contributed by atoms with Crippen molar-refractivity contribution in [1.82, 2.24) is 9.97 Å². The van der Waals surface area contributed by atoms with Crippen LogP contribution in [0.3, 0.4) is 0 Å². The predicted octanol–water partition coefficient (Wildman–Crippen LogP) is 4.15. The van der Waals surface area contributed by atoms with Crippen molar-refractivity contribution in [3.63, 3.8) is 0 Å². The summed E-state index contributed by atoms with van der Waals surface area (Å²) in [4.78, 5) is 22.8. The molecule has 1 aromatic carbocycles. The van der Waals surface area contributed by atoms with Gasteiger partial charge in [0.15, 0.2) is 11.4 Å². The third-order valence-corrected chi connectivity index (χ3v) is 7.79. The van der Waals surface area contributed by atoms with Crippen LogP contribution in [0.15, 0.2) is 18.2 Å². The minimum atomic E-state index is -0.946. The molecule has 0 aliphatic heterocycles. The molecule has 2 atom stereocenters. The molecule has 2 aromatic rings. The van der Waals surface area contributed by atoms with Crippen molar-refractivity contribution in [3.05, 3.63) is 51.6 Å². The van der Waals surface area contributed by atoms with Gasteiger partial charge in [0.25, 0.3) is 0 Å². The summed E-state index contributed by atoms with van der Waals surface area (Å²) >= 11 is 6.23. The average molecular weight is 406 g/mol. The lowest BCUT2D eigenvalue weighted by atomic mass is 9.63. The zero-order valence-electron chi connectivity index (χ0n) is 16.7. The lowest BCUT2D eigenvalue weighted by Crippen LogP contribution is -2.48. The van der Waals surface area contributed by atoms with Crippen LogP contribution in [0, 0.1) is 35.0 Å². The number of halogens is 1. The average Bonchev–Trinajstić information content (AvgIpc) is 2.99. The number of carbonyl (C=O) groups excluding carboxylic acids is 1. The Morgan fingerprint density at radius 3 is 2.34 bits per heavy atom. The molecule has 1 N–H and O–H groups in total. The summed E-state index contributed by atoms with van der Waals surface area (Å²) < 4.78 is 0. The first kappa shape index (κ1) is 19.4. The van der Waals surface area contributed by atoms with Gasteiger partial charge in [0.1, 0.15) is 12.1 Å². The number of nitriles is 2. The molecular formula is C22H20ClN5O. The Hall–Kier alpha value is -2.96. The van der Waals surface area contributed by atoms with Crippen molar-refractivity contribution in [3.8, 4) is 12.1 Å². The monoisotopic (exact) mass is 405 g/mol. The first-order valence-electron chi connectivity index (χ1n) is 9.44. The lowest BCUT2D eigenvalue weighted by Gasteiger charge is -2.39. The van der Waals surface area contributed by atoms with E-state index in [9.17, 15) is 15.3 Å². The van der Waals surface area contributed by atoms with Crippen LogP contribution in [0.4, 0.5) is 5.69 Å². The number of nitrogens with one attached hydrogen (secondary N) is 1. The molecule has 2 aliphatic carbocycles. The number of anilines is 1. The van der Waals surface area contributed by atoms with Gasteiger partial charge >= 0.3 is 0 Å². The summed E-state index contributed by atoms with van der Waals surface area (Å²) in [6, 6.07) is 9.31. The third-order valence-electron chi connectivity index (χ3n) is 7.38. The summed E-state index contributed by atoms with van der Waals surface area (Å²) in [5.74, 6) is -0.182. The van der Waals surface area contributed by atoms with Gasteiger partial charge in [-0.1, -0.05) is 38.4 Å². The smallest absolute Gasteiger partial charge is 0.237 e. The van der Waals surface area contributed by atoms with E-state index in [1.54, 1.807) is 12.1 Å². The normalized spacial score (nSPS) is 25.8. The molecule has 146 valence electrons. The van der Waals surface area contributed by atoms with E-state index in [0.717, 1.165) is 12.0 Å². The standard InChI is InChI=1S/C22H20ClN5O/c1-12-13(23)6-5-7-14(12)28-19(29)22-9-8-21(4,20(22,2)3)17-18(22)27-16(11-25)15(10-24)26-17/h5-7H,8-9H2,1-4H3,(H,28,29). The van der Waals surface area contributed by atoms with Gasteiger partial charge < -0.3 is 5.32 Å². The van der Waals surface area contributed by atoms with Gasteiger partial charge in [0.2, 0.25) is 5.91 Å². The minimum Gasteiger partial charge on any atom is -0.325 e. The topological polar surface area (TPSA) is 102 Å². The number of carbonyl (C=O) groups is 1. The number of benzene rings is 1. The van der Waals surface area contributed by atoms with E-state index in [1.165, 1.54) is 0 Å². The van der Waals surface area contributed by atoms with Gasteiger partial charge in [-0.15, -0.1) is 0 Å². The second kappa shape index (κ2) is 6.02. The van der Waals surface area contributed by atoms with E-state index < -0.39 is 16.2 Å². The molecule has 4 rings (SSSR count).